The van der Waals surface area contributed by atoms with Crippen LogP contribution in [-0.2, 0) is 6.18 Å². The van der Waals surface area contributed by atoms with Crippen molar-refractivity contribution in [3.63, 3.8) is 0 Å². The lowest BCUT2D eigenvalue weighted by molar-refractivity contribution is -0.137. The fraction of sp³-hybridized carbons (Fsp3) is 0.158. The molecule has 30 heavy (non-hydrogen) atoms. The monoisotopic (exact) mass is 419 g/mol. The number of carbonyl (C=O) groups excluding carboxylic acids is 1. The van der Waals surface area contributed by atoms with E-state index in [1.807, 2.05) is 0 Å². The van der Waals surface area contributed by atoms with E-state index in [2.05, 4.69) is 20.3 Å². The number of anilines is 2. The lowest BCUT2D eigenvalue weighted by Gasteiger charge is -2.28. The van der Waals surface area contributed by atoms with Gasteiger partial charge in [-0.2, -0.15) is 13.2 Å². The number of alkyl halides is 3. The third-order valence-electron chi connectivity index (χ3n) is 4.27. The van der Waals surface area contributed by atoms with E-state index in [0.29, 0.717) is 0 Å². The van der Waals surface area contributed by atoms with Gasteiger partial charge in [-0.05, 0) is 18.2 Å². The molecule has 1 aliphatic heterocycles. The number of ether oxygens (including phenoxy) is 1. The standard InChI is InChI=1S/C19H13F4N5O2/c20-13-9-24-5-4-14(13)26-18(29)28-6-7-30-15-10-25-16(27-17(15)28)11-2-1-3-12(8-11)19(21,22)23/h1-5,8-10H,6-7H2,(H,24,26,29). The molecular weight excluding hydrogens is 406 g/mol. The summed E-state index contributed by atoms with van der Waals surface area (Å²) >= 11 is 0. The number of benzene rings is 1. The smallest absolute Gasteiger partial charge is 0.416 e. The Hall–Kier alpha value is -3.76. The normalized spacial score (nSPS) is 13.4. The first-order valence-electron chi connectivity index (χ1n) is 8.68. The molecule has 11 heteroatoms. The second-order valence-corrected chi connectivity index (χ2v) is 6.25. The SMILES string of the molecule is O=C(Nc1ccncc1F)N1CCOc2cnc(-c3cccc(C(F)(F)F)c3)nc21. The molecular formula is C19H13F4N5O2. The van der Waals surface area contributed by atoms with Crippen LogP contribution < -0.4 is 15.0 Å². The maximum Gasteiger partial charge on any atom is 0.416 e. The molecule has 0 unspecified atom stereocenters. The van der Waals surface area contributed by atoms with E-state index in [4.69, 9.17) is 4.74 Å². The summed E-state index contributed by atoms with van der Waals surface area (Å²) < 4.78 is 58.3. The van der Waals surface area contributed by atoms with E-state index >= 15 is 0 Å². The lowest BCUT2D eigenvalue weighted by atomic mass is 10.1. The minimum atomic E-state index is -4.52. The minimum Gasteiger partial charge on any atom is -0.486 e. The molecule has 1 aromatic carbocycles. The molecule has 0 radical (unpaired) electrons. The van der Waals surface area contributed by atoms with Gasteiger partial charge >= 0.3 is 12.2 Å². The molecule has 0 saturated carbocycles. The number of halogens is 4. The molecule has 3 aromatic rings. The molecule has 0 aliphatic carbocycles. The second kappa shape index (κ2) is 7.58. The van der Waals surface area contributed by atoms with Gasteiger partial charge < -0.3 is 10.1 Å². The number of fused-ring (bicyclic) bond motifs is 1. The van der Waals surface area contributed by atoms with Gasteiger partial charge in [-0.15, -0.1) is 0 Å². The van der Waals surface area contributed by atoms with E-state index in [1.165, 1.54) is 35.5 Å². The van der Waals surface area contributed by atoms with Crippen molar-refractivity contribution >= 4 is 17.5 Å². The van der Waals surface area contributed by atoms with Crippen LogP contribution in [0.4, 0.5) is 33.9 Å². The van der Waals surface area contributed by atoms with Crippen LogP contribution >= 0.6 is 0 Å². The van der Waals surface area contributed by atoms with E-state index < -0.39 is 23.6 Å². The summed E-state index contributed by atoms with van der Waals surface area (Å²) in [5.41, 5.74) is -0.797. The van der Waals surface area contributed by atoms with Gasteiger partial charge in [0.15, 0.2) is 23.2 Å². The van der Waals surface area contributed by atoms with Crippen molar-refractivity contribution in [1.29, 1.82) is 0 Å². The number of rotatable bonds is 2. The largest absolute Gasteiger partial charge is 0.486 e. The van der Waals surface area contributed by atoms with Gasteiger partial charge in [0.05, 0.1) is 30.2 Å². The maximum absolute atomic E-state index is 13.8. The summed E-state index contributed by atoms with van der Waals surface area (Å²) in [5.74, 6) is -0.483. The molecule has 0 bridgehead atoms. The van der Waals surface area contributed by atoms with Crippen LogP contribution in [0.15, 0.2) is 48.9 Å². The van der Waals surface area contributed by atoms with E-state index in [9.17, 15) is 22.4 Å². The highest BCUT2D eigenvalue weighted by molar-refractivity contribution is 6.02. The van der Waals surface area contributed by atoms with Crippen LogP contribution in [-0.4, -0.2) is 34.1 Å². The zero-order chi connectivity index (χ0) is 21.3. The van der Waals surface area contributed by atoms with Gasteiger partial charge in [-0.3, -0.25) is 9.88 Å². The van der Waals surface area contributed by atoms with Crippen molar-refractivity contribution in [1.82, 2.24) is 15.0 Å². The molecule has 7 nitrogen and oxygen atoms in total. The molecule has 0 saturated heterocycles. The summed E-state index contributed by atoms with van der Waals surface area (Å²) in [5, 5.41) is 2.42. The predicted octanol–water partition coefficient (Wildman–Crippen LogP) is 4.13. The first-order valence-corrected chi connectivity index (χ1v) is 8.68. The highest BCUT2D eigenvalue weighted by Gasteiger charge is 2.31. The predicted molar refractivity (Wildman–Crippen MR) is 98.5 cm³/mol. The first-order chi connectivity index (χ1) is 14.3. The summed E-state index contributed by atoms with van der Waals surface area (Å²) in [4.78, 5) is 25.8. The Kier molecular flexibility index (Phi) is 4.94. The first kappa shape index (κ1) is 19.6. The zero-order valence-corrected chi connectivity index (χ0v) is 15.2. The maximum atomic E-state index is 13.8. The van der Waals surface area contributed by atoms with Gasteiger partial charge in [0, 0.05) is 11.8 Å². The average Bonchev–Trinajstić information content (AvgIpc) is 2.74. The lowest BCUT2D eigenvalue weighted by Crippen LogP contribution is -2.41. The van der Waals surface area contributed by atoms with Crippen LogP contribution in [0.2, 0.25) is 0 Å². The average molecular weight is 419 g/mol. The highest BCUT2D eigenvalue weighted by Crippen LogP contribution is 2.34. The number of urea groups is 1. The summed E-state index contributed by atoms with van der Waals surface area (Å²) in [6.07, 6.45) is -0.963. The number of amides is 2. The van der Waals surface area contributed by atoms with Crippen molar-refractivity contribution in [2.24, 2.45) is 0 Å². The number of aromatic nitrogens is 3. The number of pyridine rings is 1. The molecule has 2 aromatic heterocycles. The second-order valence-electron chi connectivity index (χ2n) is 6.25. The fourth-order valence-corrected chi connectivity index (χ4v) is 2.84. The Morgan fingerprint density at radius 2 is 2.03 bits per heavy atom. The van der Waals surface area contributed by atoms with E-state index in [0.717, 1.165) is 18.3 Å². The Morgan fingerprint density at radius 3 is 2.80 bits per heavy atom. The van der Waals surface area contributed by atoms with Crippen LogP contribution in [0.3, 0.4) is 0 Å². The number of nitrogens with zero attached hydrogens (tertiary/aromatic N) is 4. The van der Waals surface area contributed by atoms with Crippen molar-refractivity contribution in [3.8, 4) is 17.1 Å². The molecule has 3 heterocycles. The van der Waals surface area contributed by atoms with Gasteiger partial charge in [0.1, 0.15) is 6.61 Å². The van der Waals surface area contributed by atoms with Gasteiger partial charge in [-0.1, -0.05) is 12.1 Å². The molecule has 1 N–H and O–H groups in total. The van der Waals surface area contributed by atoms with E-state index in [-0.39, 0.29) is 41.8 Å². The number of nitrogens with one attached hydrogen (secondary N) is 1. The summed E-state index contributed by atoms with van der Waals surface area (Å²) in [7, 11) is 0. The van der Waals surface area contributed by atoms with Crippen LogP contribution in [0.5, 0.6) is 5.75 Å². The molecule has 0 spiro atoms. The Balaban J connectivity index is 1.67. The molecule has 0 atom stereocenters. The van der Waals surface area contributed by atoms with Crippen molar-refractivity contribution in [3.05, 3.63) is 60.3 Å². The Bertz CT molecular complexity index is 1110. The molecule has 154 valence electrons. The Labute approximate surface area is 167 Å². The topological polar surface area (TPSA) is 80.2 Å². The number of hydrogen-bond acceptors (Lipinski definition) is 5. The van der Waals surface area contributed by atoms with Gasteiger partial charge in [0.25, 0.3) is 0 Å². The van der Waals surface area contributed by atoms with E-state index in [1.54, 1.807) is 0 Å². The zero-order valence-electron chi connectivity index (χ0n) is 15.2. The van der Waals surface area contributed by atoms with Crippen LogP contribution in [0.1, 0.15) is 5.56 Å². The molecule has 4 rings (SSSR count). The Morgan fingerprint density at radius 1 is 1.20 bits per heavy atom. The number of carbonyl (C=O) groups is 1. The molecule has 0 fully saturated rings. The van der Waals surface area contributed by atoms with Crippen molar-refractivity contribution < 1.29 is 27.1 Å². The van der Waals surface area contributed by atoms with Crippen molar-refractivity contribution in [2.45, 2.75) is 6.18 Å². The quantitative estimate of drug-likeness (QED) is 0.632. The van der Waals surface area contributed by atoms with Gasteiger partial charge in [0.2, 0.25) is 0 Å². The van der Waals surface area contributed by atoms with Crippen molar-refractivity contribution in [2.75, 3.05) is 23.4 Å². The third kappa shape index (κ3) is 3.86. The number of hydrogen-bond donors (Lipinski definition) is 1. The third-order valence-corrected chi connectivity index (χ3v) is 4.27. The minimum absolute atomic E-state index is 0.0155. The summed E-state index contributed by atoms with van der Waals surface area (Å²) in [6.45, 7) is 0.246. The molecule has 2 amide bonds. The highest BCUT2D eigenvalue weighted by atomic mass is 19.4. The fourth-order valence-electron chi connectivity index (χ4n) is 2.84. The molecule has 1 aliphatic rings. The van der Waals surface area contributed by atoms with Gasteiger partial charge in [-0.25, -0.2) is 19.2 Å². The summed E-state index contributed by atoms with van der Waals surface area (Å²) in [6, 6.07) is 5.14. The van der Waals surface area contributed by atoms with Crippen LogP contribution in [0, 0.1) is 5.82 Å². The van der Waals surface area contributed by atoms with Crippen LogP contribution in [0.25, 0.3) is 11.4 Å².